The topological polar surface area (TPSA) is 12.0 Å². The Labute approximate surface area is 106 Å². The van der Waals surface area contributed by atoms with Crippen LogP contribution >= 0.6 is 22.6 Å². The smallest absolute Gasteiger partial charge is 0.0294 e. The van der Waals surface area contributed by atoms with Gasteiger partial charge >= 0.3 is 0 Å². The molecule has 0 aliphatic rings. The maximum atomic E-state index is 3.47. The van der Waals surface area contributed by atoms with Gasteiger partial charge in [0.2, 0.25) is 0 Å². The van der Waals surface area contributed by atoms with E-state index < -0.39 is 0 Å². The van der Waals surface area contributed by atoms with E-state index in [-0.39, 0.29) is 0 Å². The first kappa shape index (κ1) is 12.7. The zero-order chi connectivity index (χ0) is 11.3. The van der Waals surface area contributed by atoms with Crippen molar-refractivity contribution < 1.29 is 0 Å². The van der Waals surface area contributed by atoms with Gasteiger partial charge in [-0.3, -0.25) is 0 Å². The molecule has 1 N–H and O–H groups in total. The first-order valence-electron chi connectivity index (χ1n) is 5.22. The van der Waals surface area contributed by atoms with E-state index in [2.05, 4.69) is 79.0 Å². The maximum Gasteiger partial charge on any atom is 0.0294 e. The number of hydrogen-bond acceptors (Lipinski definition) is 1. The van der Waals surface area contributed by atoms with Gasteiger partial charge in [0.25, 0.3) is 0 Å². The van der Waals surface area contributed by atoms with Crippen LogP contribution in [0.4, 0.5) is 0 Å². The summed E-state index contributed by atoms with van der Waals surface area (Å²) in [5, 5.41) is 3.47. The van der Waals surface area contributed by atoms with Crippen LogP contribution in [0.2, 0.25) is 0 Å². The highest BCUT2D eigenvalue weighted by Crippen LogP contribution is 2.14. The van der Waals surface area contributed by atoms with Crippen molar-refractivity contribution in [3.05, 3.63) is 45.0 Å². The molecule has 0 fully saturated rings. The third-order valence-electron chi connectivity index (χ3n) is 2.30. The summed E-state index contributed by atoms with van der Waals surface area (Å²) in [6.45, 7) is 7.38. The third kappa shape index (κ3) is 4.80. The van der Waals surface area contributed by atoms with E-state index in [0.717, 1.165) is 6.54 Å². The summed E-state index contributed by atoms with van der Waals surface area (Å²) in [5.41, 5.74) is 2.70. The molecule has 0 saturated carbocycles. The van der Waals surface area contributed by atoms with Gasteiger partial charge in [-0.15, -0.1) is 0 Å². The average molecular weight is 315 g/mol. The van der Waals surface area contributed by atoms with Gasteiger partial charge in [0, 0.05) is 16.2 Å². The zero-order valence-corrected chi connectivity index (χ0v) is 11.7. The second-order valence-electron chi connectivity index (χ2n) is 3.96. The predicted octanol–water partition coefficient (Wildman–Crippen LogP) is 3.91. The Kier molecular flexibility index (Phi) is 5.32. The molecule has 0 aliphatic carbocycles. The SMILES string of the molecule is CC(C)=CCNC(C)c1ccc(I)cc1. The van der Waals surface area contributed by atoms with E-state index in [1.165, 1.54) is 14.7 Å². The fourth-order valence-corrected chi connectivity index (χ4v) is 1.67. The van der Waals surface area contributed by atoms with Gasteiger partial charge in [-0.2, -0.15) is 0 Å². The lowest BCUT2D eigenvalue weighted by Gasteiger charge is -2.12. The van der Waals surface area contributed by atoms with Crippen molar-refractivity contribution in [2.45, 2.75) is 26.8 Å². The van der Waals surface area contributed by atoms with Crippen molar-refractivity contribution in [2.24, 2.45) is 0 Å². The zero-order valence-electron chi connectivity index (χ0n) is 9.55. The molecule has 1 aromatic rings. The van der Waals surface area contributed by atoms with Crippen molar-refractivity contribution in [3.63, 3.8) is 0 Å². The Hall–Kier alpha value is -0.350. The molecule has 15 heavy (non-hydrogen) atoms. The summed E-state index contributed by atoms with van der Waals surface area (Å²) in [7, 11) is 0. The van der Waals surface area contributed by atoms with E-state index in [1.807, 2.05) is 0 Å². The molecule has 1 atom stereocenters. The van der Waals surface area contributed by atoms with E-state index >= 15 is 0 Å². The predicted molar refractivity (Wildman–Crippen MR) is 75.0 cm³/mol. The van der Waals surface area contributed by atoms with Crippen LogP contribution in [-0.2, 0) is 0 Å². The van der Waals surface area contributed by atoms with Crippen molar-refractivity contribution in [1.29, 1.82) is 0 Å². The summed E-state index contributed by atoms with van der Waals surface area (Å²) < 4.78 is 1.29. The fraction of sp³-hybridized carbons (Fsp3) is 0.385. The van der Waals surface area contributed by atoms with Gasteiger partial charge in [0.1, 0.15) is 0 Å². The molecule has 82 valence electrons. The highest BCUT2D eigenvalue weighted by molar-refractivity contribution is 14.1. The third-order valence-corrected chi connectivity index (χ3v) is 3.02. The van der Waals surface area contributed by atoms with Crippen molar-refractivity contribution >= 4 is 22.6 Å². The number of hydrogen-bond donors (Lipinski definition) is 1. The van der Waals surface area contributed by atoms with Gasteiger partial charge in [-0.25, -0.2) is 0 Å². The van der Waals surface area contributed by atoms with Crippen molar-refractivity contribution in [3.8, 4) is 0 Å². The molecular weight excluding hydrogens is 297 g/mol. The Morgan fingerprint density at radius 3 is 2.47 bits per heavy atom. The standard InChI is InChI=1S/C13H18IN/c1-10(2)8-9-15-11(3)12-4-6-13(14)7-5-12/h4-8,11,15H,9H2,1-3H3. The summed E-state index contributed by atoms with van der Waals surface area (Å²) in [5.74, 6) is 0. The summed E-state index contributed by atoms with van der Waals surface area (Å²) >= 11 is 2.33. The average Bonchev–Trinajstić information content (AvgIpc) is 2.18. The molecule has 1 unspecified atom stereocenters. The monoisotopic (exact) mass is 315 g/mol. The first-order chi connectivity index (χ1) is 7.09. The Bertz CT molecular complexity index is 323. The lowest BCUT2D eigenvalue weighted by Crippen LogP contribution is -2.18. The fourth-order valence-electron chi connectivity index (χ4n) is 1.31. The molecule has 0 spiro atoms. The van der Waals surface area contributed by atoms with Crippen LogP contribution in [0.3, 0.4) is 0 Å². The molecule has 0 heterocycles. The molecule has 0 aliphatic heterocycles. The van der Waals surface area contributed by atoms with Gasteiger partial charge in [0.15, 0.2) is 0 Å². The lowest BCUT2D eigenvalue weighted by atomic mass is 10.1. The van der Waals surface area contributed by atoms with Crippen LogP contribution in [0.15, 0.2) is 35.9 Å². The number of allylic oxidation sites excluding steroid dienone is 1. The second-order valence-corrected chi connectivity index (χ2v) is 5.21. The first-order valence-corrected chi connectivity index (χ1v) is 6.29. The van der Waals surface area contributed by atoms with Crippen LogP contribution in [0.5, 0.6) is 0 Å². The minimum Gasteiger partial charge on any atom is -0.307 e. The van der Waals surface area contributed by atoms with Gasteiger partial charge in [0.05, 0.1) is 0 Å². The van der Waals surface area contributed by atoms with Gasteiger partial charge < -0.3 is 5.32 Å². The van der Waals surface area contributed by atoms with Crippen LogP contribution < -0.4 is 5.32 Å². The summed E-state index contributed by atoms with van der Waals surface area (Å²) in [4.78, 5) is 0. The largest absolute Gasteiger partial charge is 0.307 e. The molecular formula is C13H18IN. The van der Waals surface area contributed by atoms with E-state index in [0.29, 0.717) is 6.04 Å². The van der Waals surface area contributed by atoms with Crippen LogP contribution in [0.1, 0.15) is 32.4 Å². The second kappa shape index (κ2) is 6.28. The molecule has 0 aromatic heterocycles. The molecule has 1 aromatic carbocycles. The number of halogens is 1. The molecule has 0 amide bonds. The molecule has 1 nitrogen and oxygen atoms in total. The maximum absolute atomic E-state index is 3.47. The Morgan fingerprint density at radius 1 is 1.33 bits per heavy atom. The normalized spacial score (nSPS) is 12.3. The minimum atomic E-state index is 0.414. The highest BCUT2D eigenvalue weighted by atomic mass is 127. The van der Waals surface area contributed by atoms with Crippen LogP contribution in [0.25, 0.3) is 0 Å². The Balaban J connectivity index is 2.50. The summed E-state index contributed by atoms with van der Waals surface area (Å²) in [6.07, 6.45) is 2.21. The number of benzene rings is 1. The van der Waals surface area contributed by atoms with E-state index in [1.54, 1.807) is 0 Å². The van der Waals surface area contributed by atoms with Crippen LogP contribution in [0, 0.1) is 3.57 Å². The molecule has 0 saturated heterocycles. The molecule has 1 rings (SSSR count). The lowest BCUT2D eigenvalue weighted by molar-refractivity contribution is 0.616. The minimum absolute atomic E-state index is 0.414. The number of rotatable bonds is 4. The van der Waals surface area contributed by atoms with E-state index in [4.69, 9.17) is 0 Å². The quantitative estimate of drug-likeness (QED) is 0.656. The summed E-state index contributed by atoms with van der Waals surface area (Å²) in [6, 6.07) is 9.08. The number of nitrogens with one attached hydrogen (secondary N) is 1. The van der Waals surface area contributed by atoms with Crippen molar-refractivity contribution in [2.75, 3.05) is 6.54 Å². The van der Waals surface area contributed by atoms with Gasteiger partial charge in [-0.05, 0) is 61.1 Å². The molecule has 0 bridgehead atoms. The van der Waals surface area contributed by atoms with Crippen molar-refractivity contribution in [1.82, 2.24) is 5.32 Å². The Morgan fingerprint density at radius 2 is 1.93 bits per heavy atom. The molecule has 2 heteroatoms. The van der Waals surface area contributed by atoms with Crippen LogP contribution in [-0.4, -0.2) is 6.54 Å². The van der Waals surface area contributed by atoms with E-state index in [9.17, 15) is 0 Å². The van der Waals surface area contributed by atoms with Gasteiger partial charge in [-0.1, -0.05) is 23.8 Å². The highest BCUT2D eigenvalue weighted by Gasteiger charge is 2.02. The molecule has 0 radical (unpaired) electrons.